The molecule has 3 aromatic rings. The zero-order valence-electron chi connectivity index (χ0n) is 16.6. The molecule has 0 aliphatic carbocycles. The van der Waals surface area contributed by atoms with Gasteiger partial charge in [0, 0.05) is 18.0 Å². The minimum Gasteiger partial charge on any atom is -0.496 e. The second-order valence-corrected chi connectivity index (χ2v) is 6.73. The summed E-state index contributed by atoms with van der Waals surface area (Å²) in [6.45, 7) is 5.93. The Hall–Kier alpha value is -3.60. The van der Waals surface area contributed by atoms with Gasteiger partial charge in [0.1, 0.15) is 11.5 Å². The van der Waals surface area contributed by atoms with Gasteiger partial charge in [0.05, 0.1) is 7.11 Å². The number of nitrogens with one attached hydrogen (secondary N) is 1. The molecular weight excluding hydrogens is 364 g/mol. The van der Waals surface area contributed by atoms with Crippen LogP contribution in [-0.2, 0) is 6.42 Å². The molecule has 0 atom stereocenters. The lowest BCUT2D eigenvalue weighted by Crippen LogP contribution is -2.12. The number of ether oxygens (including phenoxy) is 2. The molecule has 3 rings (SSSR count). The number of nitrogens with zero attached hydrogens (tertiary/aromatic N) is 1. The average molecular weight is 388 g/mol. The molecule has 0 spiro atoms. The Morgan fingerprint density at radius 2 is 1.86 bits per heavy atom. The number of hydrogen-bond acceptors (Lipinski definition) is 4. The standard InChI is InChI=1S/C24H24N2O3/c1-17(2)9-12-20-21(28-3)15-19(11-10-18-7-5-4-6-8-18)16-22(20)29-24(27)23-25-13-14-26-23/h4-8,10-11,13-16H,1,9,12H2,2-3H3,(H,25,26). The van der Waals surface area contributed by atoms with Crippen LogP contribution >= 0.6 is 0 Å². The van der Waals surface area contributed by atoms with Crippen LogP contribution < -0.4 is 9.47 Å². The summed E-state index contributed by atoms with van der Waals surface area (Å²) in [7, 11) is 1.61. The van der Waals surface area contributed by atoms with Gasteiger partial charge in [0.25, 0.3) is 0 Å². The first-order valence-corrected chi connectivity index (χ1v) is 9.37. The monoisotopic (exact) mass is 388 g/mol. The molecule has 1 heterocycles. The first-order valence-electron chi connectivity index (χ1n) is 9.37. The Bertz CT molecular complexity index is 1010. The van der Waals surface area contributed by atoms with Gasteiger partial charge >= 0.3 is 5.97 Å². The summed E-state index contributed by atoms with van der Waals surface area (Å²) >= 11 is 0. The Morgan fingerprint density at radius 3 is 2.52 bits per heavy atom. The molecule has 0 bridgehead atoms. The Labute approximate surface area is 170 Å². The highest BCUT2D eigenvalue weighted by atomic mass is 16.5. The van der Waals surface area contributed by atoms with Gasteiger partial charge in [0.15, 0.2) is 0 Å². The molecular formula is C24H24N2O3. The van der Waals surface area contributed by atoms with Gasteiger partial charge in [-0.25, -0.2) is 9.78 Å². The van der Waals surface area contributed by atoms with Gasteiger partial charge in [-0.1, -0.05) is 48.1 Å². The molecule has 0 amide bonds. The summed E-state index contributed by atoms with van der Waals surface area (Å²) in [5.41, 5.74) is 3.81. The van der Waals surface area contributed by atoms with Crippen molar-refractivity contribution >= 4 is 18.1 Å². The number of esters is 1. The summed E-state index contributed by atoms with van der Waals surface area (Å²) in [5.74, 6) is 0.737. The van der Waals surface area contributed by atoms with E-state index in [1.54, 1.807) is 13.3 Å². The summed E-state index contributed by atoms with van der Waals surface area (Å²) in [4.78, 5) is 19.2. The predicted molar refractivity (Wildman–Crippen MR) is 115 cm³/mol. The van der Waals surface area contributed by atoms with Gasteiger partial charge in [-0.3, -0.25) is 0 Å². The van der Waals surface area contributed by atoms with Gasteiger partial charge < -0.3 is 14.5 Å². The van der Waals surface area contributed by atoms with Crippen LogP contribution in [0.2, 0.25) is 0 Å². The summed E-state index contributed by atoms with van der Waals surface area (Å²) < 4.78 is 11.3. The predicted octanol–water partition coefficient (Wildman–Crippen LogP) is 5.32. The van der Waals surface area contributed by atoms with E-state index in [-0.39, 0.29) is 5.82 Å². The first-order chi connectivity index (χ1) is 14.1. The highest BCUT2D eigenvalue weighted by Crippen LogP contribution is 2.33. The normalized spacial score (nSPS) is 10.8. The first kappa shape index (κ1) is 20.1. The van der Waals surface area contributed by atoms with Crippen molar-refractivity contribution in [2.45, 2.75) is 19.8 Å². The van der Waals surface area contributed by atoms with Crippen LogP contribution in [-0.4, -0.2) is 23.0 Å². The molecule has 2 aromatic carbocycles. The van der Waals surface area contributed by atoms with E-state index >= 15 is 0 Å². The maximum atomic E-state index is 12.5. The van der Waals surface area contributed by atoms with E-state index < -0.39 is 5.97 Å². The van der Waals surface area contributed by atoms with E-state index in [0.29, 0.717) is 17.9 Å². The van der Waals surface area contributed by atoms with Crippen molar-refractivity contribution in [1.29, 1.82) is 0 Å². The van der Waals surface area contributed by atoms with Crippen molar-refractivity contribution in [3.63, 3.8) is 0 Å². The number of H-pyrrole nitrogens is 1. The highest BCUT2D eigenvalue weighted by molar-refractivity contribution is 5.87. The second-order valence-electron chi connectivity index (χ2n) is 6.73. The topological polar surface area (TPSA) is 64.2 Å². The summed E-state index contributed by atoms with van der Waals surface area (Å²) in [6.07, 6.45) is 8.48. The number of allylic oxidation sites excluding steroid dienone is 1. The minimum atomic E-state index is -0.544. The molecule has 5 nitrogen and oxygen atoms in total. The fourth-order valence-electron chi connectivity index (χ4n) is 2.88. The van der Waals surface area contributed by atoms with Crippen molar-refractivity contribution in [2.75, 3.05) is 7.11 Å². The molecule has 1 N–H and O–H groups in total. The number of imidazole rings is 1. The Morgan fingerprint density at radius 1 is 1.14 bits per heavy atom. The number of carbonyl (C=O) groups excluding carboxylic acids is 1. The number of hydrogen-bond donors (Lipinski definition) is 1. The fourth-order valence-corrected chi connectivity index (χ4v) is 2.88. The molecule has 0 unspecified atom stereocenters. The molecule has 1 aromatic heterocycles. The molecule has 29 heavy (non-hydrogen) atoms. The lowest BCUT2D eigenvalue weighted by Gasteiger charge is -2.15. The largest absolute Gasteiger partial charge is 0.496 e. The van der Waals surface area contributed by atoms with Crippen LogP contribution in [0.3, 0.4) is 0 Å². The molecule has 148 valence electrons. The van der Waals surface area contributed by atoms with E-state index in [2.05, 4.69) is 16.5 Å². The molecule has 0 fully saturated rings. The van der Waals surface area contributed by atoms with Crippen LogP contribution in [0.1, 0.15) is 40.7 Å². The SMILES string of the molecule is C=C(C)CCc1c(OC)cc(C=Cc2ccccc2)cc1OC(=O)c1ncc[nH]1. The number of benzene rings is 2. The maximum absolute atomic E-state index is 12.5. The third-order valence-electron chi connectivity index (χ3n) is 4.37. The van der Waals surface area contributed by atoms with Crippen LogP contribution in [0.5, 0.6) is 11.5 Å². The van der Waals surface area contributed by atoms with Crippen LogP contribution in [0, 0.1) is 0 Å². The molecule has 0 saturated heterocycles. The smallest absolute Gasteiger partial charge is 0.379 e. The summed E-state index contributed by atoms with van der Waals surface area (Å²) in [5, 5.41) is 0. The second kappa shape index (κ2) is 9.55. The van der Waals surface area contributed by atoms with E-state index in [9.17, 15) is 4.79 Å². The van der Waals surface area contributed by atoms with Crippen molar-refractivity contribution in [1.82, 2.24) is 9.97 Å². The van der Waals surface area contributed by atoms with Crippen molar-refractivity contribution in [3.8, 4) is 11.5 Å². The number of methoxy groups -OCH3 is 1. The molecule has 5 heteroatoms. The molecule has 0 aliphatic rings. The van der Waals surface area contributed by atoms with Crippen LogP contribution in [0.15, 0.2) is 67.0 Å². The van der Waals surface area contributed by atoms with Gasteiger partial charge in [-0.15, -0.1) is 6.58 Å². The zero-order valence-corrected chi connectivity index (χ0v) is 16.6. The van der Waals surface area contributed by atoms with E-state index in [4.69, 9.17) is 9.47 Å². The van der Waals surface area contributed by atoms with Crippen molar-refractivity contribution < 1.29 is 14.3 Å². The van der Waals surface area contributed by atoms with Crippen LogP contribution in [0.4, 0.5) is 0 Å². The minimum absolute atomic E-state index is 0.153. The Kier molecular flexibility index (Phi) is 6.63. The van der Waals surface area contributed by atoms with Crippen molar-refractivity contribution in [3.05, 3.63) is 89.5 Å². The van der Waals surface area contributed by atoms with E-state index in [0.717, 1.165) is 28.7 Å². The number of rotatable bonds is 8. The molecule has 0 aliphatic heterocycles. The third-order valence-corrected chi connectivity index (χ3v) is 4.37. The van der Waals surface area contributed by atoms with Gasteiger partial charge in [-0.2, -0.15) is 0 Å². The number of aromatic amines is 1. The molecule has 0 radical (unpaired) electrons. The lowest BCUT2D eigenvalue weighted by molar-refractivity contribution is 0.0721. The molecule has 0 saturated carbocycles. The van der Waals surface area contributed by atoms with Crippen molar-refractivity contribution in [2.24, 2.45) is 0 Å². The van der Waals surface area contributed by atoms with E-state index in [1.165, 1.54) is 6.20 Å². The van der Waals surface area contributed by atoms with Gasteiger partial charge in [-0.05, 0) is 43.0 Å². The van der Waals surface area contributed by atoms with E-state index in [1.807, 2.05) is 61.5 Å². The fraction of sp³-hybridized carbons (Fsp3) is 0.167. The summed E-state index contributed by atoms with van der Waals surface area (Å²) in [6, 6.07) is 13.8. The maximum Gasteiger partial charge on any atom is 0.379 e. The highest BCUT2D eigenvalue weighted by Gasteiger charge is 2.18. The number of carbonyl (C=O) groups is 1. The third kappa shape index (κ3) is 5.45. The van der Waals surface area contributed by atoms with Gasteiger partial charge in [0.2, 0.25) is 5.82 Å². The average Bonchev–Trinajstić information content (AvgIpc) is 3.26. The lowest BCUT2D eigenvalue weighted by atomic mass is 10.0. The zero-order chi connectivity index (χ0) is 20.6. The quantitative estimate of drug-likeness (QED) is 0.246. The number of aromatic nitrogens is 2. The van der Waals surface area contributed by atoms with Crippen LogP contribution in [0.25, 0.3) is 12.2 Å². The Balaban J connectivity index is 1.96.